The van der Waals surface area contributed by atoms with Gasteiger partial charge in [-0.2, -0.15) is 13.2 Å². The number of hydrogen-bond donors (Lipinski definition) is 0. The summed E-state index contributed by atoms with van der Waals surface area (Å²) in [7, 11) is 0. The van der Waals surface area contributed by atoms with Crippen molar-refractivity contribution in [2.75, 3.05) is 0 Å². The quantitative estimate of drug-likeness (QED) is 0.574. The summed E-state index contributed by atoms with van der Waals surface area (Å²) in [5.41, 5.74) is -4.06. The first-order valence-corrected chi connectivity index (χ1v) is 5.80. The third-order valence-corrected chi connectivity index (χ3v) is 3.51. The summed E-state index contributed by atoms with van der Waals surface area (Å²) in [5.74, 6) is -2.73. The number of carbonyl (C=O) groups excluding carboxylic acids is 2. The lowest BCUT2D eigenvalue weighted by Gasteiger charge is -2.29. The Morgan fingerprint density at radius 2 is 1.95 bits per heavy atom. The highest BCUT2D eigenvalue weighted by Crippen LogP contribution is 2.39. The second-order valence-electron chi connectivity index (χ2n) is 4.93. The number of rotatable bonds is 2. The zero-order valence-corrected chi connectivity index (χ0v) is 10.00. The van der Waals surface area contributed by atoms with Crippen molar-refractivity contribution in [1.29, 1.82) is 0 Å². The van der Waals surface area contributed by atoms with Gasteiger partial charge in [0.1, 0.15) is 12.2 Å². The van der Waals surface area contributed by atoms with Crippen LogP contribution in [0.2, 0.25) is 0 Å². The van der Waals surface area contributed by atoms with Crippen LogP contribution in [0.1, 0.15) is 26.2 Å². The molecule has 4 nitrogen and oxygen atoms in total. The minimum atomic E-state index is -5.34. The molecule has 0 aromatic carbocycles. The molecule has 1 aliphatic heterocycles. The van der Waals surface area contributed by atoms with Crippen molar-refractivity contribution < 1.29 is 36.6 Å². The number of carbonyl (C=O) groups is 2. The molecule has 0 aromatic heterocycles. The lowest BCUT2D eigenvalue weighted by molar-refractivity contribution is -0.238. The Hall–Kier alpha value is -1.34. The molecule has 2 aliphatic rings. The summed E-state index contributed by atoms with van der Waals surface area (Å²) in [6.07, 6.45) is -6.26. The van der Waals surface area contributed by atoms with Crippen LogP contribution in [0.3, 0.4) is 0 Å². The van der Waals surface area contributed by atoms with Crippen molar-refractivity contribution in [3.63, 3.8) is 0 Å². The minimum absolute atomic E-state index is 0.113. The van der Waals surface area contributed by atoms with Gasteiger partial charge in [0, 0.05) is 6.42 Å². The first-order valence-electron chi connectivity index (χ1n) is 5.80. The fraction of sp³-hybridized carbons (Fsp3) is 0.818. The van der Waals surface area contributed by atoms with Crippen molar-refractivity contribution in [2.24, 2.45) is 5.92 Å². The van der Waals surface area contributed by atoms with Crippen molar-refractivity contribution in [3.05, 3.63) is 0 Å². The van der Waals surface area contributed by atoms with E-state index >= 15 is 0 Å². The molecular formula is C11H12F4O4. The summed E-state index contributed by atoms with van der Waals surface area (Å²) >= 11 is 0. The van der Waals surface area contributed by atoms with Gasteiger partial charge in [0.2, 0.25) is 0 Å². The standard InChI is InChI=1S/C11H12F4O4/c1-10(12,11(13,14)15)9(17)19-6-3-2-5-4-7(6)18-8(5)16/h5-7H,2-4H2,1H3. The molecule has 0 aromatic rings. The molecule has 19 heavy (non-hydrogen) atoms. The van der Waals surface area contributed by atoms with Gasteiger partial charge in [0.15, 0.2) is 0 Å². The van der Waals surface area contributed by atoms with E-state index in [4.69, 9.17) is 4.74 Å². The van der Waals surface area contributed by atoms with Crippen LogP contribution in [-0.2, 0) is 19.1 Å². The second kappa shape index (κ2) is 4.35. The van der Waals surface area contributed by atoms with Gasteiger partial charge < -0.3 is 9.47 Å². The molecule has 1 saturated heterocycles. The van der Waals surface area contributed by atoms with Crippen LogP contribution in [0.4, 0.5) is 17.6 Å². The van der Waals surface area contributed by atoms with E-state index in [1.54, 1.807) is 0 Å². The highest BCUT2D eigenvalue weighted by Gasteiger charge is 2.60. The molecule has 1 heterocycles. The Bertz CT molecular complexity index is 404. The molecule has 4 unspecified atom stereocenters. The molecule has 2 bridgehead atoms. The molecule has 2 fully saturated rings. The van der Waals surface area contributed by atoms with Crippen LogP contribution in [0.15, 0.2) is 0 Å². The maximum Gasteiger partial charge on any atom is 0.433 e. The number of fused-ring (bicyclic) bond motifs is 2. The van der Waals surface area contributed by atoms with Crippen LogP contribution < -0.4 is 0 Å². The van der Waals surface area contributed by atoms with Crippen molar-refractivity contribution in [1.82, 2.24) is 0 Å². The largest absolute Gasteiger partial charge is 0.458 e. The Morgan fingerprint density at radius 3 is 2.53 bits per heavy atom. The average Bonchev–Trinajstić information content (AvgIpc) is 2.58. The smallest absolute Gasteiger partial charge is 0.433 e. The number of halogens is 4. The van der Waals surface area contributed by atoms with E-state index in [9.17, 15) is 27.2 Å². The average molecular weight is 284 g/mol. The molecule has 4 atom stereocenters. The lowest BCUT2D eigenvalue weighted by Crippen LogP contribution is -2.49. The van der Waals surface area contributed by atoms with E-state index in [0.717, 1.165) is 0 Å². The molecule has 108 valence electrons. The van der Waals surface area contributed by atoms with Crippen molar-refractivity contribution >= 4 is 11.9 Å². The van der Waals surface area contributed by atoms with Crippen LogP contribution in [0.25, 0.3) is 0 Å². The summed E-state index contributed by atoms with van der Waals surface area (Å²) < 4.78 is 59.8. The zero-order valence-electron chi connectivity index (χ0n) is 10.00. The van der Waals surface area contributed by atoms with E-state index < -0.39 is 36.0 Å². The van der Waals surface area contributed by atoms with Crippen LogP contribution >= 0.6 is 0 Å². The molecule has 1 aliphatic carbocycles. The zero-order chi connectivity index (χ0) is 14.4. The van der Waals surface area contributed by atoms with Crippen LogP contribution in [-0.4, -0.2) is 36.0 Å². The maximum atomic E-state index is 13.4. The van der Waals surface area contributed by atoms with Gasteiger partial charge in [-0.3, -0.25) is 4.79 Å². The van der Waals surface area contributed by atoms with Gasteiger partial charge >= 0.3 is 18.1 Å². The summed E-state index contributed by atoms with van der Waals surface area (Å²) in [6, 6.07) is 0. The Kier molecular flexibility index (Phi) is 3.22. The van der Waals surface area contributed by atoms with Gasteiger partial charge in [-0.05, 0) is 19.8 Å². The lowest BCUT2D eigenvalue weighted by atomic mass is 9.88. The monoisotopic (exact) mass is 284 g/mol. The van der Waals surface area contributed by atoms with E-state index in [0.29, 0.717) is 12.8 Å². The summed E-state index contributed by atoms with van der Waals surface area (Å²) in [6.45, 7) is 0.113. The fourth-order valence-electron chi connectivity index (χ4n) is 2.18. The fourth-order valence-corrected chi connectivity index (χ4v) is 2.18. The molecule has 1 saturated carbocycles. The van der Waals surface area contributed by atoms with E-state index in [2.05, 4.69) is 4.74 Å². The normalized spacial score (nSPS) is 33.5. The predicted molar refractivity (Wildman–Crippen MR) is 52.7 cm³/mol. The van der Waals surface area contributed by atoms with Gasteiger partial charge in [0.25, 0.3) is 5.67 Å². The van der Waals surface area contributed by atoms with Crippen LogP contribution in [0, 0.1) is 5.92 Å². The number of esters is 2. The summed E-state index contributed by atoms with van der Waals surface area (Å²) in [4.78, 5) is 22.5. The molecule has 0 amide bonds. The van der Waals surface area contributed by atoms with Crippen LogP contribution in [0.5, 0.6) is 0 Å². The Morgan fingerprint density at radius 1 is 1.32 bits per heavy atom. The summed E-state index contributed by atoms with van der Waals surface area (Å²) in [5, 5.41) is 0. The Balaban J connectivity index is 2.02. The number of hydrogen-bond acceptors (Lipinski definition) is 4. The van der Waals surface area contributed by atoms with E-state index in [-0.39, 0.29) is 19.3 Å². The van der Waals surface area contributed by atoms with Gasteiger partial charge in [0.05, 0.1) is 5.92 Å². The first kappa shape index (κ1) is 14.1. The minimum Gasteiger partial charge on any atom is -0.458 e. The third-order valence-electron chi connectivity index (χ3n) is 3.51. The van der Waals surface area contributed by atoms with Gasteiger partial charge in [-0.1, -0.05) is 0 Å². The van der Waals surface area contributed by atoms with E-state index in [1.807, 2.05) is 0 Å². The van der Waals surface area contributed by atoms with Crippen molar-refractivity contribution in [2.45, 2.75) is 50.2 Å². The second-order valence-corrected chi connectivity index (χ2v) is 4.93. The van der Waals surface area contributed by atoms with Crippen molar-refractivity contribution in [3.8, 4) is 0 Å². The highest BCUT2D eigenvalue weighted by atomic mass is 19.4. The molecule has 8 heteroatoms. The number of ether oxygens (including phenoxy) is 2. The first-order chi connectivity index (χ1) is 8.63. The van der Waals surface area contributed by atoms with Gasteiger partial charge in [-0.15, -0.1) is 0 Å². The Labute approximate surface area is 106 Å². The molecule has 0 spiro atoms. The third kappa shape index (κ3) is 2.40. The SMILES string of the molecule is CC(F)(C(=O)OC1CCC2CC1OC2=O)C(F)(F)F. The molecule has 0 N–H and O–H groups in total. The van der Waals surface area contributed by atoms with E-state index in [1.165, 1.54) is 0 Å². The maximum absolute atomic E-state index is 13.4. The molecule has 0 radical (unpaired) electrons. The topological polar surface area (TPSA) is 52.6 Å². The van der Waals surface area contributed by atoms with Gasteiger partial charge in [-0.25, -0.2) is 9.18 Å². The molecular weight excluding hydrogens is 272 g/mol. The predicted octanol–water partition coefficient (Wildman–Crippen LogP) is 1.91. The highest BCUT2D eigenvalue weighted by molar-refractivity contribution is 5.80. The molecule has 2 rings (SSSR count). The number of alkyl halides is 4.